The second-order valence-electron chi connectivity index (χ2n) is 6.09. The molecule has 2 aromatic heterocycles. The Balaban J connectivity index is 2.00. The Morgan fingerprint density at radius 3 is 2.37 bits per heavy atom. The van der Waals surface area contributed by atoms with Gasteiger partial charge in [0.2, 0.25) is 0 Å². The molecule has 4 nitrogen and oxygen atoms in total. The minimum Gasteiger partial charge on any atom is -0.497 e. The van der Waals surface area contributed by atoms with Crippen LogP contribution in [0.15, 0.2) is 64.9 Å². The van der Waals surface area contributed by atoms with Gasteiger partial charge in [-0.15, -0.1) is 11.3 Å². The SMILES string of the molecule is COc1ccc(-c2cc(-c3ccccc3)c3c(N)c(S(C)=O)sc3n2)cc1. The molecule has 0 amide bonds. The monoisotopic (exact) mass is 394 g/mol. The van der Waals surface area contributed by atoms with Gasteiger partial charge in [-0.3, -0.25) is 4.21 Å². The van der Waals surface area contributed by atoms with Gasteiger partial charge in [-0.1, -0.05) is 30.3 Å². The van der Waals surface area contributed by atoms with Gasteiger partial charge in [0, 0.05) is 17.2 Å². The van der Waals surface area contributed by atoms with Crippen molar-refractivity contribution in [2.45, 2.75) is 4.21 Å². The lowest BCUT2D eigenvalue weighted by atomic mass is 10.00. The Morgan fingerprint density at radius 1 is 1.04 bits per heavy atom. The summed E-state index contributed by atoms with van der Waals surface area (Å²) in [4.78, 5) is 5.61. The molecule has 2 heterocycles. The second kappa shape index (κ2) is 7.13. The first-order valence-electron chi connectivity index (χ1n) is 8.34. The van der Waals surface area contributed by atoms with E-state index in [0.717, 1.165) is 38.4 Å². The summed E-state index contributed by atoms with van der Waals surface area (Å²) in [6.45, 7) is 0. The summed E-state index contributed by atoms with van der Waals surface area (Å²) in [6, 6.07) is 19.9. The topological polar surface area (TPSA) is 65.2 Å². The average Bonchev–Trinajstić information content (AvgIpc) is 3.05. The van der Waals surface area contributed by atoms with E-state index in [1.54, 1.807) is 13.4 Å². The van der Waals surface area contributed by atoms with Crippen molar-refractivity contribution in [3.8, 4) is 28.1 Å². The number of benzene rings is 2. The summed E-state index contributed by atoms with van der Waals surface area (Å²) in [5.41, 5.74) is 10.8. The number of hydrogen-bond acceptors (Lipinski definition) is 5. The predicted molar refractivity (Wildman–Crippen MR) is 114 cm³/mol. The van der Waals surface area contributed by atoms with Gasteiger partial charge in [0.1, 0.15) is 14.8 Å². The highest BCUT2D eigenvalue weighted by molar-refractivity contribution is 7.87. The molecular formula is C21H18N2O2S2. The molecule has 2 N–H and O–H groups in total. The summed E-state index contributed by atoms with van der Waals surface area (Å²) in [6.07, 6.45) is 1.65. The van der Waals surface area contributed by atoms with E-state index < -0.39 is 10.8 Å². The lowest BCUT2D eigenvalue weighted by Gasteiger charge is -2.09. The maximum atomic E-state index is 12.1. The highest BCUT2D eigenvalue weighted by Gasteiger charge is 2.19. The molecule has 0 bridgehead atoms. The summed E-state index contributed by atoms with van der Waals surface area (Å²) in [5, 5.41) is 0.869. The quantitative estimate of drug-likeness (QED) is 0.531. The van der Waals surface area contributed by atoms with Crippen LogP contribution in [0.1, 0.15) is 0 Å². The fourth-order valence-electron chi connectivity index (χ4n) is 3.07. The predicted octanol–water partition coefficient (Wildman–Crippen LogP) is 4.96. The summed E-state index contributed by atoms with van der Waals surface area (Å²) in [7, 11) is 0.490. The van der Waals surface area contributed by atoms with Crippen LogP contribution >= 0.6 is 11.3 Å². The van der Waals surface area contributed by atoms with Crippen LogP contribution in [0.3, 0.4) is 0 Å². The third kappa shape index (κ3) is 3.22. The largest absolute Gasteiger partial charge is 0.497 e. The van der Waals surface area contributed by atoms with Crippen molar-refractivity contribution in [3.63, 3.8) is 0 Å². The molecule has 2 aromatic carbocycles. The number of methoxy groups -OCH3 is 1. The van der Waals surface area contributed by atoms with Crippen LogP contribution in [0.25, 0.3) is 32.6 Å². The van der Waals surface area contributed by atoms with E-state index in [4.69, 9.17) is 15.5 Å². The van der Waals surface area contributed by atoms with Gasteiger partial charge in [0.25, 0.3) is 0 Å². The molecule has 136 valence electrons. The van der Waals surface area contributed by atoms with Crippen molar-refractivity contribution in [2.75, 3.05) is 19.1 Å². The molecule has 0 radical (unpaired) electrons. The molecule has 0 aliphatic carbocycles. The van der Waals surface area contributed by atoms with Gasteiger partial charge in [-0.2, -0.15) is 0 Å². The van der Waals surface area contributed by atoms with Crippen molar-refractivity contribution in [1.29, 1.82) is 0 Å². The number of fused-ring (bicyclic) bond motifs is 1. The van der Waals surface area contributed by atoms with Crippen LogP contribution in [0.5, 0.6) is 5.75 Å². The minimum absolute atomic E-state index is 0.559. The molecule has 0 saturated heterocycles. The number of hydrogen-bond donors (Lipinski definition) is 1. The third-order valence-electron chi connectivity index (χ3n) is 4.40. The van der Waals surface area contributed by atoms with Gasteiger partial charge in [-0.25, -0.2) is 4.98 Å². The van der Waals surface area contributed by atoms with Crippen LogP contribution in [0, 0.1) is 0 Å². The number of nitrogens with zero attached hydrogens (tertiary/aromatic N) is 1. The normalized spacial score (nSPS) is 12.2. The van der Waals surface area contributed by atoms with E-state index in [2.05, 4.69) is 0 Å². The van der Waals surface area contributed by atoms with E-state index in [1.165, 1.54) is 11.3 Å². The summed E-state index contributed by atoms with van der Waals surface area (Å²) in [5.74, 6) is 0.798. The second-order valence-corrected chi connectivity index (χ2v) is 8.66. The van der Waals surface area contributed by atoms with Gasteiger partial charge in [-0.05, 0) is 41.5 Å². The van der Waals surface area contributed by atoms with Crippen LogP contribution in [-0.4, -0.2) is 22.6 Å². The van der Waals surface area contributed by atoms with Gasteiger partial charge in [0.05, 0.1) is 29.3 Å². The molecule has 1 atom stereocenters. The molecule has 0 saturated carbocycles. The maximum Gasteiger partial charge on any atom is 0.127 e. The van der Waals surface area contributed by atoms with Crippen molar-refractivity contribution < 1.29 is 8.95 Å². The highest BCUT2D eigenvalue weighted by Crippen LogP contribution is 2.42. The standard InChI is InChI=1S/C21H18N2O2S2/c1-25-15-10-8-14(9-11-15)17-12-16(13-6-4-3-5-7-13)18-19(22)21(27(2)24)26-20(18)23-17/h3-12H,22H2,1-2H3. The number of anilines is 1. The van der Waals surface area contributed by atoms with Crippen molar-refractivity contribution in [1.82, 2.24) is 4.98 Å². The fourth-order valence-corrected chi connectivity index (χ4v) is 5.04. The van der Waals surface area contributed by atoms with Gasteiger partial charge < -0.3 is 10.5 Å². The molecule has 4 rings (SSSR count). The van der Waals surface area contributed by atoms with Gasteiger partial charge >= 0.3 is 0 Å². The summed E-state index contributed by atoms with van der Waals surface area (Å²) >= 11 is 1.40. The molecular weight excluding hydrogens is 376 g/mol. The first kappa shape index (κ1) is 17.7. The zero-order valence-electron chi connectivity index (χ0n) is 14.9. The number of pyridine rings is 1. The van der Waals surface area contributed by atoms with Crippen molar-refractivity contribution in [3.05, 3.63) is 60.7 Å². The lowest BCUT2D eigenvalue weighted by molar-refractivity contribution is 0.415. The highest BCUT2D eigenvalue weighted by atomic mass is 32.2. The van der Waals surface area contributed by atoms with E-state index in [9.17, 15) is 4.21 Å². The number of nitrogens with two attached hydrogens (primary N) is 1. The molecule has 0 spiro atoms. The number of ether oxygens (including phenoxy) is 1. The van der Waals surface area contributed by atoms with Gasteiger partial charge in [0.15, 0.2) is 0 Å². The summed E-state index contributed by atoms with van der Waals surface area (Å²) < 4.78 is 18.0. The average molecular weight is 395 g/mol. The number of aromatic nitrogens is 1. The molecule has 27 heavy (non-hydrogen) atoms. The third-order valence-corrected chi connectivity index (χ3v) is 6.99. The molecule has 0 aliphatic rings. The Labute approximate surface area is 164 Å². The van der Waals surface area contributed by atoms with Crippen molar-refractivity contribution in [2.24, 2.45) is 0 Å². The van der Waals surface area contributed by atoms with Crippen LogP contribution in [-0.2, 0) is 10.8 Å². The van der Waals surface area contributed by atoms with Crippen LogP contribution in [0.4, 0.5) is 5.69 Å². The maximum absolute atomic E-state index is 12.1. The fraction of sp³-hybridized carbons (Fsp3) is 0.0952. The Morgan fingerprint density at radius 2 is 1.74 bits per heavy atom. The lowest BCUT2D eigenvalue weighted by Crippen LogP contribution is -1.93. The van der Waals surface area contributed by atoms with Crippen LogP contribution < -0.4 is 10.5 Å². The van der Waals surface area contributed by atoms with Crippen molar-refractivity contribution >= 4 is 38.0 Å². The first-order chi connectivity index (χ1) is 13.1. The first-order valence-corrected chi connectivity index (χ1v) is 10.7. The molecule has 0 aliphatic heterocycles. The van der Waals surface area contributed by atoms with E-state index in [0.29, 0.717) is 9.90 Å². The Bertz CT molecular complexity index is 1140. The molecule has 4 aromatic rings. The smallest absolute Gasteiger partial charge is 0.127 e. The minimum atomic E-state index is -1.16. The molecule has 1 unspecified atom stereocenters. The Hall–Kier alpha value is -2.70. The van der Waals surface area contributed by atoms with E-state index in [1.807, 2.05) is 60.7 Å². The number of thiophene rings is 1. The number of nitrogen functional groups attached to an aromatic ring is 1. The Kier molecular flexibility index (Phi) is 4.68. The number of rotatable bonds is 4. The van der Waals surface area contributed by atoms with Crippen LogP contribution in [0.2, 0.25) is 0 Å². The van der Waals surface area contributed by atoms with E-state index in [-0.39, 0.29) is 0 Å². The molecule has 0 fully saturated rings. The zero-order valence-corrected chi connectivity index (χ0v) is 16.6. The molecule has 6 heteroatoms. The zero-order chi connectivity index (χ0) is 19.0. The van der Waals surface area contributed by atoms with E-state index >= 15 is 0 Å².